The molecule has 0 aliphatic heterocycles. The van der Waals surface area contributed by atoms with Crippen LogP contribution in [-0.2, 0) is 11.4 Å². The van der Waals surface area contributed by atoms with Gasteiger partial charge in [-0.15, -0.1) is 0 Å². The minimum Gasteiger partial charge on any atom is -0.300 e. The predicted octanol–water partition coefficient (Wildman–Crippen LogP) is 1.53. The lowest BCUT2D eigenvalue weighted by atomic mass is 10.1. The average molecular weight is 201 g/mol. The first-order chi connectivity index (χ1) is 7.40. The summed E-state index contributed by atoms with van der Waals surface area (Å²) in [5.74, 6) is 4.99. The maximum Gasteiger partial charge on any atom is 0.0930 e. The molecule has 2 N–H and O–H groups in total. The van der Waals surface area contributed by atoms with Gasteiger partial charge < -0.3 is 0 Å². The van der Waals surface area contributed by atoms with Gasteiger partial charge in [-0.1, -0.05) is 24.3 Å². The van der Waals surface area contributed by atoms with Crippen LogP contribution in [0, 0.1) is 0 Å². The number of hydrogen-bond acceptors (Lipinski definition) is 4. The Labute approximate surface area is 87.7 Å². The molecule has 4 heteroatoms. The van der Waals surface area contributed by atoms with E-state index in [0.717, 1.165) is 16.8 Å². The fourth-order valence-electron chi connectivity index (χ4n) is 1.32. The molecule has 0 bridgehead atoms. The van der Waals surface area contributed by atoms with E-state index in [1.165, 1.54) is 0 Å². The molecule has 15 heavy (non-hydrogen) atoms. The summed E-state index contributed by atoms with van der Waals surface area (Å²) in [4.78, 5) is 12.8. The monoisotopic (exact) mass is 201 g/mol. The van der Waals surface area contributed by atoms with Gasteiger partial charge in [-0.3, -0.25) is 14.8 Å². The number of nitrogens with two attached hydrogens (primary N) is 1. The molecule has 0 aliphatic rings. The van der Waals surface area contributed by atoms with E-state index in [1.807, 2.05) is 24.3 Å². The summed E-state index contributed by atoms with van der Waals surface area (Å²) in [5, 5.41) is 0. The minimum absolute atomic E-state index is 0.417. The summed E-state index contributed by atoms with van der Waals surface area (Å²) in [6, 6.07) is 7.85. The van der Waals surface area contributed by atoms with Crippen molar-refractivity contribution in [3.05, 3.63) is 48.4 Å². The summed E-state index contributed by atoms with van der Waals surface area (Å²) >= 11 is 0. The molecule has 0 radical (unpaired) electrons. The molecule has 1 aromatic heterocycles. The second-order valence-corrected chi connectivity index (χ2v) is 3.10. The Hall–Kier alpha value is -1.78. The van der Waals surface area contributed by atoms with Crippen molar-refractivity contribution < 1.29 is 4.84 Å². The molecule has 0 saturated carbocycles. The molecular formula is C11H11N3O. The average Bonchev–Trinajstić information content (AvgIpc) is 2.32. The van der Waals surface area contributed by atoms with Gasteiger partial charge in [-0.25, -0.2) is 5.90 Å². The van der Waals surface area contributed by atoms with Gasteiger partial charge in [0, 0.05) is 18.0 Å². The molecule has 1 aromatic carbocycles. The summed E-state index contributed by atoms with van der Waals surface area (Å²) < 4.78 is 0. The zero-order valence-corrected chi connectivity index (χ0v) is 8.13. The first-order valence-corrected chi connectivity index (χ1v) is 4.57. The number of aromatic nitrogens is 2. The van der Waals surface area contributed by atoms with Crippen molar-refractivity contribution in [3.63, 3.8) is 0 Å². The highest BCUT2D eigenvalue weighted by molar-refractivity contribution is 5.57. The van der Waals surface area contributed by atoms with Gasteiger partial charge in [0.25, 0.3) is 0 Å². The number of rotatable bonds is 3. The maximum absolute atomic E-state index is 4.99. The van der Waals surface area contributed by atoms with Crippen molar-refractivity contribution in [2.75, 3.05) is 0 Å². The van der Waals surface area contributed by atoms with Crippen molar-refractivity contribution >= 4 is 0 Å². The van der Waals surface area contributed by atoms with Gasteiger partial charge >= 0.3 is 0 Å². The third-order valence-corrected chi connectivity index (χ3v) is 2.06. The van der Waals surface area contributed by atoms with Crippen LogP contribution in [-0.4, -0.2) is 9.97 Å². The molecule has 0 unspecified atom stereocenters. The Kier molecular flexibility index (Phi) is 3.02. The van der Waals surface area contributed by atoms with Crippen molar-refractivity contribution in [3.8, 4) is 11.3 Å². The zero-order chi connectivity index (χ0) is 10.5. The molecule has 2 rings (SSSR count). The van der Waals surface area contributed by atoms with Crippen molar-refractivity contribution in [2.24, 2.45) is 5.90 Å². The Bertz CT molecular complexity index is 414. The third kappa shape index (κ3) is 2.37. The standard InChI is InChI=1S/C11H11N3O/c12-15-8-9-1-3-10(4-2-9)11-7-13-5-6-14-11/h1-7H,8,12H2. The van der Waals surface area contributed by atoms with Gasteiger partial charge in [-0.2, -0.15) is 0 Å². The van der Waals surface area contributed by atoms with Gasteiger partial charge in [0.1, 0.15) is 0 Å². The minimum atomic E-state index is 0.417. The van der Waals surface area contributed by atoms with Crippen LogP contribution < -0.4 is 5.90 Å². The van der Waals surface area contributed by atoms with E-state index in [0.29, 0.717) is 6.61 Å². The normalized spacial score (nSPS) is 10.2. The number of hydrogen-bond donors (Lipinski definition) is 1. The first-order valence-electron chi connectivity index (χ1n) is 4.57. The summed E-state index contributed by atoms with van der Waals surface area (Å²) in [7, 11) is 0. The lowest BCUT2D eigenvalue weighted by Gasteiger charge is -2.01. The van der Waals surface area contributed by atoms with Gasteiger partial charge in [0.2, 0.25) is 0 Å². The third-order valence-electron chi connectivity index (χ3n) is 2.06. The fourth-order valence-corrected chi connectivity index (χ4v) is 1.32. The predicted molar refractivity (Wildman–Crippen MR) is 56.4 cm³/mol. The zero-order valence-electron chi connectivity index (χ0n) is 8.13. The lowest BCUT2D eigenvalue weighted by Crippen LogP contribution is -1.98. The van der Waals surface area contributed by atoms with E-state index in [2.05, 4.69) is 14.8 Å². The topological polar surface area (TPSA) is 61.0 Å². The SMILES string of the molecule is NOCc1ccc(-c2cnccn2)cc1. The molecule has 76 valence electrons. The van der Waals surface area contributed by atoms with Crippen molar-refractivity contribution in [1.82, 2.24) is 9.97 Å². The van der Waals surface area contributed by atoms with Crippen LogP contribution in [0.3, 0.4) is 0 Å². The largest absolute Gasteiger partial charge is 0.300 e. The van der Waals surface area contributed by atoms with E-state index in [4.69, 9.17) is 5.90 Å². The van der Waals surface area contributed by atoms with Crippen molar-refractivity contribution in [1.29, 1.82) is 0 Å². The molecule has 0 amide bonds. The highest BCUT2D eigenvalue weighted by atomic mass is 16.6. The molecule has 4 nitrogen and oxygen atoms in total. The van der Waals surface area contributed by atoms with Crippen LogP contribution in [0.5, 0.6) is 0 Å². The molecule has 0 fully saturated rings. The van der Waals surface area contributed by atoms with E-state index >= 15 is 0 Å². The van der Waals surface area contributed by atoms with E-state index in [1.54, 1.807) is 18.6 Å². The smallest absolute Gasteiger partial charge is 0.0930 e. The van der Waals surface area contributed by atoms with E-state index < -0.39 is 0 Å². The van der Waals surface area contributed by atoms with Gasteiger partial charge in [0.15, 0.2) is 0 Å². The maximum atomic E-state index is 4.99. The Morgan fingerprint density at radius 2 is 1.93 bits per heavy atom. The fraction of sp³-hybridized carbons (Fsp3) is 0.0909. The van der Waals surface area contributed by atoms with Gasteiger partial charge in [-0.05, 0) is 5.56 Å². The van der Waals surface area contributed by atoms with Gasteiger partial charge in [0.05, 0.1) is 18.5 Å². The van der Waals surface area contributed by atoms with Crippen LogP contribution in [0.1, 0.15) is 5.56 Å². The van der Waals surface area contributed by atoms with Crippen molar-refractivity contribution in [2.45, 2.75) is 6.61 Å². The highest BCUT2D eigenvalue weighted by Gasteiger charge is 1.98. The quantitative estimate of drug-likeness (QED) is 0.765. The molecule has 0 spiro atoms. The molecular weight excluding hydrogens is 190 g/mol. The Balaban J connectivity index is 2.24. The molecule has 0 aliphatic carbocycles. The van der Waals surface area contributed by atoms with Crippen LogP contribution >= 0.6 is 0 Å². The first kappa shape index (κ1) is 9.76. The number of nitrogens with zero attached hydrogens (tertiary/aromatic N) is 2. The summed E-state index contributed by atoms with van der Waals surface area (Å²) in [6.45, 7) is 0.417. The highest BCUT2D eigenvalue weighted by Crippen LogP contribution is 2.15. The van der Waals surface area contributed by atoms with Crippen LogP contribution in [0.4, 0.5) is 0 Å². The molecule has 2 aromatic rings. The Morgan fingerprint density at radius 3 is 2.53 bits per heavy atom. The lowest BCUT2D eigenvalue weighted by molar-refractivity contribution is 0.124. The Morgan fingerprint density at radius 1 is 1.13 bits per heavy atom. The van der Waals surface area contributed by atoms with Crippen LogP contribution in [0.2, 0.25) is 0 Å². The molecule has 1 heterocycles. The van der Waals surface area contributed by atoms with E-state index in [-0.39, 0.29) is 0 Å². The summed E-state index contributed by atoms with van der Waals surface area (Å²) in [6.07, 6.45) is 5.06. The second kappa shape index (κ2) is 4.63. The van der Waals surface area contributed by atoms with E-state index in [9.17, 15) is 0 Å². The summed E-state index contributed by atoms with van der Waals surface area (Å²) in [5.41, 5.74) is 2.92. The van der Waals surface area contributed by atoms with Crippen LogP contribution in [0.25, 0.3) is 11.3 Å². The number of benzene rings is 1. The molecule has 0 atom stereocenters. The molecule has 0 saturated heterocycles. The second-order valence-electron chi connectivity index (χ2n) is 3.10. The van der Waals surface area contributed by atoms with Crippen LogP contribution in [0.15, 0.2) is 42.9 Å².